The van der Waals surface area contributed by atoms with Crippen molar-refractivity contribution in [1.29, 1.82) is 0 Å². The Kier molecular flexibility index (Phi) is 7.09. The maximum atomic E-state index is 11.5. The topological polar surface area (TPSA) is 58.6 Å². The van der Waals surface area contributed by atoms with Crippen LogP contribution in [0.15, 0.2) is 24.3 Å². The Balaban J connectivity index is 2.11. The number of nitrogens with one attached hydrogen (secondary N) is 1. The number of rotatable bonds is 8. The van der Waals surface area contributed by atoms with Crippen molar-refractivity contribution >= 4 is 5.91 Å². The zero-order valence-corrected chi connectivity index (χ0v) is 12.6. The standard InChI is InChI=1S/C16H25NO3/c1-12(2)15(18)11-17-16(19)5-4-10-20-14-8-6-13(3)7-9-14/h6-9,12,15,18H,4-5,10-11H2,1-3H3,(H,17,19). The van der Waals surface area contributed by atoms with Gasteiger partial charge in [-0.05, 0) is 31.4 Å². The highest BCUT2D eigenvalue weighted by Gasteiger charge is 2.10. The summed E-state index contributed by atoms with van der Waals surface area (Å²) in [7, 11) is 0. The zero-order chi connectivity index (χ0) is 15.0. The van der Waals surface area contributed by atoms with Gasteiger partial charge in [0.05, 0.1) is 12.7 Å². The summed E-state index contributed by atoms with van der Waals surface area (Å²) >= 11 is 0. The van der Waals surface area contributed by atoms with Crippen LogP contribution in [0.5, 0.6) is 5.75 Å². The molecule has 0 aliphatic carbocycles. The number of hydrogen-bond donors (Lipinski definition) is 2. The Bertz CT molecular complexity index is 401. The first-order valence-corrected chi connectivity index (χ1v) is 7.13. The second-order valence-corrected chi connectivity index (χ2v) is 5.38. The van der Waals surface area contributed by atoms with Gasteiger partial charge in [-0.3, -0.25) is 4.79 Å². The number of ether oxygens (including phenoxy) is 1. The first kappa shape index (κ1) is 16.5. The quantitative estimate of drug-likeness (QED) is 0.718. The molecule has 1 amide bonds. The van der Waals surface area contributed by atoms with E-state index in [1.54, 1.807) is 0 Å². The molecule has 4 heteroatoms. The lowest BCUT2D eigenvalue weighted by Gasteiger charge is -2.15. The van der Waals surface area contributed by atoms with E-state index in [2.05, 4.69) is 5.32 Å². The van der Waals surface area contributed by atoms with Crippen LogP contribution < -0.4 is 10.1 Å². The number of benzene rings is 1. The van der Waals surface area contributed by atoms with Gasteiger partial charge in [0.15, 0.2) is 0 Å². The molecule has 0 heterocycles. The molecule has 0 aromatic heterocycles. The molecule has 1 aromatic carbocycles. The smallest absolute Gasteiger partial charge is 0.220 e. The molecule has 1 rings (SSSR count). The highest BCUT2D eigenvalue weighted by atomic mass is 16.5. The number of aryl methyl sites for hydroxylation is 1. The van der Waals surface area contributed by atoms with E-state index in [1.165, 1.54) is 5.56 Å². The van der Waals surface area contributed by atoms with Crippen LogP contribution in [0.25, 0.3) is 0 Å². The average molecular weight is 279 g/mol. The Morgan fingerprint density at radius 2 is 1.95 bits per heavy atom. The summed E-state index contributed by atoms with van der Waals surface area (Å²) in [6.45, 7) is 6.71. The Morgan fingerprint density at radius 1 is 1.30 bits per heavy atom. The number of aliphatic hydroxyl groups is 1. The monoisotopic (exact) mass is 279 g/mol. The van der Waals surface area contributed by atoms with E-state index in [9.17, 15) is 9.90 Å². The van der Waals surface area contributed by atoms with E-state index < -0.39 is 6.10 Å². The number of carbonyl (C=O) groups excluding carboxylic acids is 1. The lowest BCUT2D eigenvalue weighted by Crippen LogP contribution is -2.34. The first-order chi connectivity index (χ1) is 9.49. The highest BCUT2D eigenvalue weighted by molar-refractivity contribution is 5.75. The van der Waals surface area contributed by atoms with E-state index in [0.717, 1.165) is 5.75 Å². The fraction of sp³-hybridized carbons (Fsp3) is 0.562. The van der Waals surface area contributed by atoms with E-state index in [0.29, 0.717) is 26.0 Å². The van der Waals surface area contributed by atoms with Crippen molar-refractivity contribution in [2.75, 3.05) is 13.2 Å². The molecule has 0 radical (unpaired) electrons. The maximum absolute atomic E-state index is 11.5. The molecule has 0 spiro atoms. The van der Waals surface area contributed by atoms with Crippen molar-refractivity contribution in [3.8, 4) is 5.75 Å². The molecule has 1 unspecified atom stereocenters. The Morgan fingerprint density at radius 3 is 2.55 bits per heavy atom. The second-order valence-electron chi connectivity index (χ2n) is 5.38. The van der Waals surface area contributed by atoms with Crippen LogP contribution in [0, 0.1) is 12.8 Å². The lowest BCUT2D eigenvalue weighted by molar-refractivity contribution is -0.121. The van der Waals surface area contributed by atoms with Crippen molar-refractivity contribution in [3.05, 3.63) is 29.8 Å². The summed E-state index contributed by atoms with van der Waals surface area (Å²) in [5.41, 5.74) is 1.19. The molecule has 0 saturated heterocycles. The maximum Gasteiger partial charge on any atom is 0.220 e. The molecule has 0 saturated carbocycles. The predicted molar refractivity (Wildman–Crippen MR) is 79.8 cm³/mol. The molecule has 1 aromatic rings. The minimum absolute atomic E-state index is 0.0443. The summed E-state index contributed by atoms with van der Waals surface area (Å²) < 4.78 is 5.55. The largest absolute Gasteiger partial charge is 0.494 e. The van der Waals surface area contributed by atoms with Crippen LogP contribution in [0.1, 0.15) is 32.3 Å². The first-order valence-electron chi connectivity index (χ1n) is 7.13. The molecule has 112 valence electrons. The van der Waals surface area contributed by atoms with E-state index in [4.69, 9.17) is 4.74 Å². The predicted octanol–water partition coefficient (Wildman–Crippen LogP) is 2.29. The molecule has 0 aliphatic heterocycles. The van der Waals surface area contributed by atoms with E-state index in [-0.39, 0.29) is 11.8 Å². The van der Waals surface area contributed by atoms with Crippen molar-refractivity contribution in [2.24, 2.45) is 5.92 Å². The van der Waals surface area contributed by atoms with Crippen LogP contribution in [0.4, 0.5) is 0 Å². The molecule has 1 atom stereocenters. The molecule has 20 heavy (non-hydrogen) atoms. The van der Waals surface area contributed by atoms with E-state index in [1.807, 2.05) is 45.0 Å². The van der Waals surface area contributed by atoms with Crippen molar-refractivity contribution < 1.29 is 14.6 Å². The van der Waals surface area contributed by atoms with Crippen molar-refractivity contribution in [1.82, 2.24) is 5.32 Å². The Hall–Kier alpha value is -1.55. The summed E-state index contributed by atoms with van der Waals surface area (Å²) in [6, 6.07) is 7.84. The number of aliphatic hydroxyl groups excluding tert-OH is 1. The van der Waals surface area contributed by atoms with Crippen molar-refractivity contribution in [3.63, 3.8) is 0 Å². The fourth-order valence-corrected chi connectivity index (χ4v) is 1.60. The lowest BCUT2D eigenvalue weighted by atomic mass is 10.1. The summed E-state index contributed by atoms with van der Waals surface area (Å²) in [6.07, 6.45) is 0.594. The van der Waals surface area contributed by atoms with E-state index >= 15 is 0 Å². The van der Waals surface area contributed by atoms with Crippen LogP contribution in [0.2, 0.25) is 0 Å². The van der Waals surface area contributed by atoms with Gasteiger partial charge in [-0.25, -0.2) is 0 Å². The van der Waals surface area contributed by atoms with Crippen LogP contribution in [-0.4, -0.2) is 30.3 Å². The van der Waals surface area contributed by atoms with Crippen LogP contribution >= 0.6 is 0 Å². The SMILES string of the molecule is Cc1ccc(OCCCC(=O)NCC(O)C(C)C)cc1. The van der Waals surface area contributed by atoms with Gasteiger partial charge in [-0.2, -0.15) is 0 Å². The summed E-state index contributed by atoms with van der Waals surface area (Å²) in [5, 5.41) is 12.3. The van der Waals surface area contributed by atoms with Crippen molar-refractivity contribution in [2.45, 2.75) is 39.7 Å². The average Bonchev–Trinajstić information content (AvgIpc) is 2.42. The second kappa shape index (κ2) is 8.59. The Labute approximate surface area is 121 Å². The van der Waals surface area contributed by atoms with Gasteiger partial charge in [0.25, 0.3) is 0 Å². The van der Waals surface area contributed by atoms with Crippen LogP contribution in [-0.2, 0) is 4.79 Å². The molecule has 2 N–H and O–H groups in total. The third-order valence-corrected chi connectivity index (χ3v) is 3.12. The molecule has 0 fully saturated rings. The minimum Gasteiger partial charge on any atom is -0.494 e. The molecule has 0 bridgehead atoms. The molecule has 0 aliphatic rings. The molecule has 4 nitrogen and oxygen atoms in total. The van der Waals surface area contributed by atoms with Gasteiger partial charge < -0.3 is 15.2 Å². The molecular weight excluding hydrogens is 254 g/mol. The number of hydrogen-bond acceptors (Lipinski definition) is 3. The number of amides is 1. The molecular formula is C16H25NO3. The highest BCUT2D eigenvalue weighted by Crippen LogP contribution is 2.11. The third kappa shape index (κ3) is 6.57. The fourth-order valence-electron chi connectivity index (χ4n) is 1.60. The van der Waals surface area contributed by atoms with Crippen LogP contribution in [0.3, 0.4) is 0 Å². The van der Waals surface area contributed by atoms with Gasteiger partial charge in [0, 0.05) is 13.0 Å². The number of carbonyl (C=O) groups is 1. The van der Waals surface area contributed by atoms with Gasteiger partial charge in [0.1, 0.15) is 5.75 Å². The van der Waals surface area contributed by atoms with Gasteiger partial charge >= 0.3 is 0 Å². The third-order valence-electron chi connectivity index (χ3n) is 3.12. The van der Waals surface area contributed by atoms with Gasteiger partial charge in [-0.1, -0.05) is 31.5 Å². The van der Waals surface area contributed by atoms with Gasteiger partial charge in [0.2, 0.25) is 5.91 Å². The zero-order valence-electron chi connectivity index (χ0n) is 12.6. The van der Waals surface area contributed by atoms with Gasteiger partial charge in [-0.15, -0.1) is 0 Å². The summed E-state index contributed by atoms with van der Waals surface area (Å²) in [5.74, 6) is 0.934. The minimum atomic E-state index is -0.484. The normalized spacial score (nSPS) is 12.2. The summed E-state index contributed by atoms with van der Waals surface area (Å²) in [4.78, 5) is 11.5.